The second kappa shape index (κ2) is 5.65. The van der Waals surface area contributed by atoms with Gasteiger partial charge in [-0.2, -0.15) is 5.10 Å². The maximum atomic E-state index is 9.51. The van der Waals surface area contributed by atoms with Crippen LogP contribution in [0.5, 0.6) is 0 Å². The maximum absolute atomic E-state index is 9.51. The van der Waals surface area contributed by atoms with Crippen LogP contribution in [0.15, 0.2) is 24.3 Å². The van der Waals surface area contributed by atoms with Gasteiger partial charge in [0.15, 0.2) is 5.65 Å². The lowest BCUT2D eigenvalue weighted by Gasteiger charge is -2.33. The van der Waals surface area contributed by atoms with Crippen LogP contribution in [0.2, 0.25) is 5.02 Å². The van der Waals surface area contributed by atoms with Gasteiger partial charge in [0.05, 0.1) is 11.2 Å². The molecule has 1 atom stereocenters. The van der Waals surface area contributed by atoms with Gasteiger partial charge < -0.3 is 10.0 Å². The van der Waals surface area contributed by atoms with Crippen molar-refractivity contribution in [2.45, 2.75) is 19.8 Å². The van der Waals surface area contributed by atoms with Gasteiger partial charge >= 0.3 is 0 Å². The second-order valence-electron chi connectivity index (χ2n) is 6.22. The Morgan fingerprint density at radius 3 is 3.00 bits per heavy atom. The van der Waals surface area contributed by atoms with Crippen LogP contribution in [0.3, 0.4) is 0 Å². The van der Waals surface area contributed by atoms with Gasteiger partial charge in [-0.25, -0.2) is 9.50 Å². The number of aryl methyl sites for hydroxylation is 1. The van der Waals surface area contributed by atoms with E-state index in [0.29, 0.717) is 16.6 Å². The molecular formula is C17H19ClN4O. The van der Waals surface area contributed by atoms with Crippen molar-refractivity contribution in [2.75, 3.05) is 24.6 Å². The molecule has 5 nitrogen and oxygen atoms in total. The standard InChI is InChI=1S/C17H19ClN4O/c1-11-15(18)17-19-16(21-8-4-5-12(9-21)10-23)13-6-2-3-7-14(13)22(17)20-11/h2-3,6-7,12,23H,4-5,8-10H2,1H3. The van der Waals surface area contributed by atoms with Crippen molar-refractivity contribution in [3.8, 4) is 0 Å². The third-order valence-electron chi connectivity index (χ3n) is 4.63. The van der Waals surface area contributed by atoms with Crippen molar-refractivity contribution in [3.05, 3.63) is 35.0 Å². The lowest BCUT2D eigenvalue weighted by atomic mass is 9.99. The molecule has 1 fully saturated rings. The average Bonchev–Trinajstić information content (AvgIpc) is 2.89. The summed E-state index contributed by atoms with van der Waals surface area (Å²) in [6.07, 6.45) is 2.14. The summed E-state index contributed by atoms with van der Waals surface area (Å²) in [5, 5.41) is 15.7. The fourth-order valence-corrected chi connectivity index (χ4v) is 3.58. The number of benzene rings is 1. The first-order valence-corrected chi connectivity index (χ1v) is 8.36. The van der Waals surface area contributed by atoms with Gasteiger partial charge in [0.25, 0.3) is 0 Å². The maximum Gasteiger partial charge on any atom is 0.176 e. The first kappa shape index (κ1) is 14.7. The van der Waals surface area contributed by atoms with Gasteiger partial charge in [-0.05, 0) is 37.8 Å². The highest BCUT2D eigenvalue weighted by molar-refractivity contribution is 6.34. The number of hydrogen-bond acceptors (Lipinski definition) is 4. The molecule has 1 saturated heterocycles. The molecular weight excluding hydrogens is 312 g/mol. The first-order chi connectivity index (χ1) is 11.2. The van der Waals surface area contributed by atoms with E-state index in [9.17, 15) is 5.11 Å². The van der Waals surface area contributed by atoms with E-state index >= 15 is 0 Å². The molecule has 1 aromatic carbocycles. The molecule has 0 saturated carbocycles. The fraction of sp³-hybridized carbons (Fsp3) is 0.412. The summed E-state index contributed by atoms with van der Waals surface area (Å²) >= 11 is 6.40. The summed E-state index contributed by atoms with van der Waals surface area (Å²) in [6.45, 7) is 3.90. The minimum absolute atomic E-state index is 0.225. The zero-order valence-electron chi connectivity index (χ0n) is 13.0. The first-order valence-electron chi connectivity index (χ1n) is 7.98. The van der Waals surface area contributed by atoms with Gasteiger partial charge in [-0.1, -0.05) is 23.7 Å². The molecule has 2 aromatic heterocycles. The predicted octanol–water partition coefficient (Wildman–Crippen LogP) is 3.05. The van der Waals surface area contributed by atoms with E-state index in [0.717, 1.165) is 48.3 Å². The highest BCUT2D eigenvalue weighted by atomic mass is 35.5. The van der Waals surface area contributed by atoms with E-state index in [2.05, 4.69) is 16.1 Å². The number of hydrogen-bond donors (Lipinski definition) is 1. The summed E-state index contributed by atoms with van der Waals surface area (Å²) < 4.78 is 1.82. The van der Waals surface area contributed by atoms with Crippen LogP contribution in [0, 0.1) is 12.8 Å². The van der Waals surface area contributed by atoms with Crippen molar-refractivity contribution < 1.29 is 5.11 Å². The number of aromatic nitrogens is 3. The number of aliphatic hydroxyl groups excluding tert-OH is 1. The van der Waals surface area contributed by atoms with E-state index in [1.54, 1.807) is 0 Å². The van der Waals surface area contributed by atoms with Gasteiger partial charge in [0.2, 0.25) is 0 Å². The SMILES string of the molecule is Cc1nn2c(nc(N3CCCC(CO)C3)c3ccccc32)c1Cl. The number of para-hydroxylation sites is 1. The average molecular weight is 331 g/mol. The van der Waals surface area contributed by atoms with Crippen LogP contribution in [-0.4, -0.2) is 39.4 Å². The number of fused-ring (bicyclic) bond motifs is 3. The highest BCUT2D eigenvalue weighted by Gasteiger charge is 2.23. The number of nitrogens with zero attached hydrogens (tertiary/aromatic N) is 4. The number of anilines is 1. The Labute approximate surface area is 139 Å². The Balaban J connectivity index is 1.95. The van der Waals surface area contributed by atoms with Crippen LogP contribution in [0.4, 0.5) is 5.82 Å². The van der Waals surface area contributed by atoms with E-state index in [1.165, 1.54) is 0 Å². The molecule has 0 spiro atoms. The molecule has 1 N–H and O–H groups in total. The number of piperidine rings is 1. The summed E-state index contributed by atoms with van der Waals surface area (Å²) in [7, 11) is 0. The molecule has 0 amide bonds. The molecule has 0 radical (unpaired) electrons. The molecule has 6 heteroatoms. The highest BCUT2D eigenvalue weighted by Crippen LogP contribution is 2.32. The van der Waals surface area contributed by atoms with Crippen molar-refractivity contribution >= 4 is 34.0 Å². The van der Waals surface area contributed by atoms with Crippen molar-refractivity contribution in [1.29, 1.82) is 0 Å². The minimum atomic E-state index is 0.225. The van der Waals surface area contributed by atoms with Crippen LogP contribution < -0.4 is 4.90 Å². The Morgan fingerprint density at radius 2 is 2.17 bits per heavy atom. The minimum Gasteiger partial charge on any atom is -0.396 e. The zero-order chi connectivity index (χ0) is 16.0. The van der Waals surface area contributed by atoms with Crippen molar-refractivity contribution in [2.24, 2.45) is 5.92 Å². The largest absolute Gasteiger partial charge is 0.396 e. The van der Waals surface area contributed by atoms with E-state index in [-0.39, 0.29) is 6.61 Å². The monoisotopic (exact) mass is 330 g/mol. The Kier molecular flexibility index (Phi) is 3.62. The summed E-state index contributed by atoms with van der Waals surface area (Å²) in [4.78, 5) is 7.10. The Bertz CT molecular complexity index is 876. The Morgan fingerprint density at radius 1 is 1.35 bits per heavy atom. The van der Waals surface area contributed by atoms with Crippen molar-refractivity contribution in [1.82, 2.24) is 14.6 Å². The molecule has 3 aromatic rings. The zero-order valence-corrected chi connectivity index (χ0v) is 13.8. The lowest BCUT2D eigenvalue weighted by molar-refractivity contribution is 0.208. The lowest BCUT2D eigenvalue weighted by Crippen LogP contribution is -2.37. The van der Waals surface area contributed by atoms with Gasteiger partial charge in [-0.3, -0.25) is 0 Å². The van der Waals surface area contributed by atoms with E-state index in [4.69, 9.17) is 16.6 Å². The molecule has 120 valence electrons. The number of aliphatic hydroxyl groups is 1. The molecule has 4 rings (SSSR count). The molecule has 3 heterocycles. The summed E-state index contributed by atoms with van der Waals surface area (Å²) in [5.74, 6) is 1.25. The molecule has 1 unspecified atom stereocenters. The smallest absolute Gasteiger partial charge is 0.176 e. The topological polar surface area (TPSA) is 53.7 Å². The predicted molar refractivity (Wildman–Crippen MR) is 92.3 cm³/mol. The second-order valence-corrected chi connectivity index (χ2v) is 6.60. The summed E-state index contributed by atoms with van der Waals surface area (Å²) in [5.41, 5.74) is 2.49. The normalized spacial score (nSPS) is 18.9. The van der Waals surface area contributed by atoms with Crippen molar-refractivity contribution in [3.63, 3.8) is 0 Å². The number of rotatable bonds is 2. The molecule has 0 aliphatic carbocycles. The third-order valence-corrected chi connectivity index (χ3v) is 5.07. The third kappa shape index (κ3) is 2.35. The molecule has 0 bridgehead atoms. The van der Waals surface area contributed by atoms with Crippen LogP contribution >= 0.6 is 11.6 Å². The van der Waals surface area contributed by atoms with Gasteiger partial charge in [0, 0.05) is 25.1 Å². The summed E-state index contributed by atoms with van der Waals surface area (Å²) in [6, 6.07) is 8.14. The van der Waals surface area contributed by atoms with Crippen LogP contribution in [-0.2, 0) is 0 Å². The quantitative estimate of drug-likeness (QED) is 0.784. The van der Waals surface area contributed by atoms with Crippen LogP contribution in [0.25, 0.3) is 16.6 Å². The van der Waals surface area contributed by atoms with E-state index < -0.39 is 0 Å². The number of halogens is 1. The molecule has 23 heavy (non-hydrogen) atoms. The molecule has 1 aliphatic rings. The van der Waals surface area contributed by atoms with Crippen LogP contribution in [0.1, 0.15) is 18.5 Å². The fourth-order valence-electron chi connectivity index (χ4n) is 3.42. The van der Waals surface area contributed by atoms with E-state index in [1.807, 2.05) is 29.6 Å². The van der Waals surface area contributed by atoms with Gasteiger partial charge in [-0.15, -0.1) is 0 Å². The molecule has 1 aliphatic heterocycles. The van der Waals surface area contributed by atoms with Gasteiger partial charge in [0.1, 0.15) is 10.8 Å². The Hall–Kier alpha value is -1.85.